The number of hydrogen-bond donors (Lipinski definition) is 2. The summed E-state index contributed by atoms with van der Waals surface area (Å²) in [4.78, 5) is 24.6. The Labute approximate surface area is 144 Å². The first kappa shape index (κ1) is 18.5. The van der Waals surface area contributed by atoms with Crippen LogP contribution in [0.5, 0.6) is 0 Å². The molecule has 0 aromatic heterocycles. The lowest BCUT2D eigenvalue weighted by atomic mass is 9.69. The van der Waals surface area contributed by atoms with E-state index in [9.17, 15) is 9.59 Å². The summed E-state index contributed by atoms with van der Waals surface area (Å²) in [6, 6.07) is 10.5. The van der Waals surface area contributed by atoms with Crippen LogP contribution in [0, 0.1) is 0 Å². The molecule has 0 spiro atoms. The Morgan fingerprint density at radius 3 is 2.46 bits per heavy atom. The largest absolute Gasteiger partial charge is 0.481 e. The summed E-state index contributed by atoms with van der Waals surface area (Å²) >= 11 is 0. The number of nitrogens with zero attached hydrogens (tertiary/aromatic N) is 1. The lowest BCUT2D eigenvalue weighted by molar-refractivity contribution is -0.137. The molecule has 2 rings (SSSR count). The Morgan fingerprint density at radius 1 is 1.17 bits per heavy atom. The second kappa shape index (κ2) is 8.83. The van der Waals surface area contributed by atoms with Gasteiger partial charge in [0.05, 0.1) is 13.0 Å². The van der Waals surface area contributed by atoms with E-state index in [1.165, 1.54) is 24.8 Å². The summed E-state index contributed by atoms with van der Waals surface area (Å²) in [6.45, 7) is 1.27. The summed E-state index contributed by atoms with van der Waals surface area (Å²) in [5.41, 5.74) is 1.35. The first-order valence-electron chi connectivity index (χ1n) is 8.74. The highest BCUT2D eigenvalue weighted by Crippen LogP contribution is 2.38. The van der Waals surface area contributed by atoms with Crippen LogP contribution >= 0.6 is 0 Å². The van der Waals surface area contributed by atoms with E-state index in [0.717, 1.165) is 12.8 Å². The van der Waals surface area contributed by atoms with Crippen molar-refractivity contribution in [3.8, 4) is 0 Å². The van der Waals surface area contributed by atoms with Crippen LogP contribution < -0.4 is 5.32 Å². The molecule has 1 amide bonds. The van der Waals surface area contributed by atoms with Crippen molar-refractivity contribution in [1.29, 1.82) is 0 Å². The number of likely N-dealkylation sites (N-methyl/N-ethyl adjacent to an activating group) is 1. The standard InChI is InChI=1S/C19H28N2O3/c1-21(13-10-18(23)24)14-17(22)20-15-19(11-6-3-7-12-19)16-8-4-2-5-9-16/h2,4-5,8-9H,3,6-7,10-15H2,1H3,(H,20,22)(H,23,24). The molecular formula is C19H28N2O3. The summed E-state index contributed by atoms with van der Waals surface area (Å²) in [7, 11) is 1.77. The molecular weight excluding hydrogens is 304 g/mol. The number of aliphatic carboxylic acids is 1. The first-order valence-corrected chi connectivity index (χ1v) is 8.74. The highest BCUT2D eigenvalue weighted by molar-refractivity contribution is 5.78. The molecule has 1 aromatic rings. The van der Waals surface area contributed by atoms with Gasteiger partial charge in [-0.25, -0.2) is 0 Å². The Bertz CT molecular complexity index is 539. The topological polar surface area (TPSA) is 69.6 Å². The predicted molar refractivity (Wildman–Crippen MR) is 94.0 cm³/mol. The van der Waals surface area contributed by atoms with E-state index in [1.54, 1.807) is 11.9 Å². The Hall–Kier alpha value is -1.88. The smallest absolute Gasteiger partial charge is 0.304 e. The summed E-state index contributed by atoms with van der Waals surface area (Å²) in [5, 5.41) is 11.8. The van der Waals surface area contributed by atoms with Crippen LogP contribution in [0.4, 0.5) is 0 Å². The molecule has 0 bridgehead atoms. The van der Waals surface area contributed by atoms with E-state index in [4.69, 9.17) is 5.11 Å². The van der Waals surface area contributed by atoms with Gasteiger partial charge >= 0.3 is 5.97 Å². The van der Waals surface area contributed by atoms with E-state index in [0.29, 0.717) is 13.1 Å². The maximum atomic E-state index is 12.2. The van der Waals surface area contributed by atoms with Crippen molar-refractivity contribution in [2.45, 2.75) is 43.9 Å². The Kier molecular flexibility index (Phi) is 6.79. The number of carboxylic acid groups (broad SMARTS) is 1. The van der Waals surface area contributed by atoms with Crippen LogP contribution in [0.25, 0.3) is 0 Å². The predicted octanol–water partition coefficient (Wildman–Crippen LogP) is 2.41. The molecule has 1 saturated carbocycles. The molecule has 1 aromatic carbocycles. The second-order valence-electron chi connectivity index (χ2n) is 6.87. The number of rotatable bonds is 8. The fourth-order valence-corrected chi connectivity index (χ4v) is 3.52. The lowest BCUT2D eigenvalue weighted by Crippen LogP contribution is -2.45. The molecule has 1 aliphatic carbocycles. The third kappa shape index (κ3) is 5.34. The van der Waals surface area contributed by atoms with Gasteiger partial charge < -0.3 is 10.4 Å². The van der Waals surface area contributed by atoms with Gasteiger partial charge in [0.1, 0.15) is 0 Å². The molecule has 0 saturated heterocycles. The van der Waals surface area contributed by atoms with Crippen molar-refractivity contribution < 1.29 is 14.7 Å². The molecule has 5 heteroatoms. The van der Waals surface area contributed by atoms with Crippen LogP contribution in [0.3, 0.4) is 0 Å². The maximum absolute atomic E-state index is 12.2. The third-order valence-corrected chi connectivity index (χ3v) is 4.94. The molecule has 1 fully saturated rings. The van der Waals surface area contributed by atoms with Gasteiger partial charge in [0, 0.05) is 18.5 Å². The monoisotopic (exact) mass is 332 g/mol. The normalized spacial score (nSPS) is 16.8. The van der Waals surface area contributed by atoms with Crippen molar-refractivity contribution in [1.82, 2.24) is 10.2 Å². The first-order chi connectivity index (χ1) is 11.5. The van der Waals surface area contributed by atoms with Crippen LogP contribution in [-0.4, -0.2) is 48.6 Å². The number of carbonyl (C=O) groups is 2. The van der Waals surface area contributed by atoms with Crippen molar-refractivity contribution in [3.63, 3.8) is 0 Å². The van der Waals surface area contributed by atoms with Crippen LogP contribution in [-0.2, 0) is 15.0 Å². The average Bonchev–Trinajstić information content (AvgIpc) is 2.60. The highest BCUT2D eigenvalue weighted by Gasteiger charge is 2.34. The number of nitrogens with one attached hydrogen (secondary N) is 1. The van der Waals surface area contributed by atoms with E-state index in [1.807, 2.05) is 6.07 Å². The minimum atomic E-state index is -0.840. The van der Waals surface area contributed by atoms with E-state index >= 15 is 0 Å². The van der Waals surface area contributed by atoms with Gasteiger partial charge in [-0.3, -0.25) is 14.5 Å². The van der Waals surface area contributed by atoms with Gasteiger partial charge in [-0.2, -0.15) is 0 Å². The van der Waals surface area contributed by atoms with Crippen molar-refractivity contribution in [2.75, 3.05) is 26.7 Å². The van der Waals surface area contributed by atoms with E-state index in [2.05, 4.69) is 29.6 Å². The molecule has 24 heavy (non-hydrogen) atoms. The number of carboxylic acids is 1. The molecule has 1 aliphatic rings. The molecule has 5 nitrogen and oxygen atoms in total. The minimum absolute atomic E-state index is 0.0365. The van der Waals surface area contributed by atoms with Crippen molar-refractivity contribution in [3.05, 3.63) is 35.9 Å². The van der Waals surface area contributed by atoms with Crippen LogP contribution in [0.15, 0.2) is 30.3 Å². The van der Waals surface area contributed by atoms with Gasteiger partial charge in [0.15, 0.2) is 0 Å². The zero-order valence-corrected chi connectivity index (χ0v) is 14.5. The Balaban J connectivity index is 1.91. The average molecular weight is 332 g/mol. The van der Waals surface area contributed by atoms with Gasteiger partial charge in [-0.1, -0.05) is 49.6 Å². The van der Waals surface area contributed by atoms with Gasteiger partial charge in [0.25, 0.3) is 0 Å². The second-order valence-corrected chi connectivity index (χ2v) is 6.87. The SMILES string of the molecule is CN(CCC(=O)O)CC(=O)NCC1(c2ccccc2)CCCCC1. The zero-order valence-electron chi connectivity index (χ0n) is 14.5. The molecule has 0 aliphatic heterocycles. The maximum Gasteiger partial charge on any atom is 0.304 e. The minimum Gasteiger partial charge on any atom is -0.481 e. The van der Waals surface area contributed by atoms with Gasteiger partial charge in [-0.05, 0) is 25.5 Å². The van der Waals surface area contributed by atoms with Crippen molar-refractivity contribution in [2.24, 2.45) is 0 Å². The summed E-state index contributed by atoms with van der Waals surface area (Å²) < 4.78 is 0. The highest BCUT2D eigenvalue weighted by atomic mass is 16.4. The number of amides is 1. The molecule has 0 heterocycles. The van der Waals surface area contributed by atoms with Crippen molar-refractivity contribution >= 4 is 11.9 Å². The molecule has 0 atom stereocenters. The quantitative estimate of drug-likeness (QED) is 0.767. The number of hydrogen-bond acceptors (Lipinski definition) is 3. The molecule has 0 unspecified atom stereocenters. The van der Waals surface area contributed by atoms with E-state index < -0.39 is 5.97 Å². The lowest BCUT2D eigenvalue weighted by Gasteiger charge is -2.38. The zero-order chi connectivity index (χ0) is 17.4. The van der Waals surface area contributed by atoms with Crippen LogP contribution in [0.2, 0.25) is 0 Å². The fraction of sp³-hybridized carbons (Fsp3) is 0.579. The molecule has 2 N–H and O–H groups in total. The number of carbonyl (C=O) groups excluding carboxylic acids is 1. The fourth-order valence-electron chi connectivity index (χ4n) is 3.52. The third-order valence-electron chi connectivity index (χ3n) is 4.94. The van der Waals surface area contributed by atoms with Gasteiger partial charge in [-0.15, -0.1) is 0 Å². The molecule has 132 valence electrons. The summed E-state index contributed by atoms with van der Waals surface area (Å²) in [6.07, 6.45) is 5.92. The van der Waals surface area contributed by atoms with Crippen LogP contribution in [0.1, 0.15) is 44.1 Å². The van der Waals surface area contributed by atoms with E-state index in [-0.39, 0.29) is 24.3 Å². The Morgan fingerprint density at radius 2 is 1.83 bits per heavy atom. The van der Waals surface area contributed by atoms with Gasteiger partial charge in [0.2, 0.25) is 5.91 Å². The molecule has 0 radical (unpaired) electrons. The number of benzene rings is 1. The summed E-state index contributed by atoms with van der Waals surface area (Å²) in [5.74, 6) is -0.878.